The zero-order valence-electron chi connectivity index (χ0n) is 11.9. The Morgan fingerprint density at radius 2 is 2.06 bits per heavy atom. The summed E-state index contributed by atoms with van der Waals surface area (Å²) < 4.78 is 0. The van der Waals surface area contributed by atoms with Gasteiger partial charge in [0.25, 0.3) is 0 Å². The highest BCUT2D eigenvalue weighted by Crippen LogP contribution is 2.35. The molecule has 3 unspecified atom stereocenters. The van der Waals surface area contributed by atoms with Crippen LogP contribution >= 0.6 is 0 Å². The minimum absolute atomic E-state index is 0.799. The number of nitrogens with one attached hydrogen (secondary N) is 1. The molecule has 0 aromatic rings. The second-order valence-corrected chi connectivity index (χ2v) is 5.68. The van der Waals surface area contributed by atoms with Crippen molar-refractivity contribution in [2.75, 3.05) is 6.54 Å². The van der Waals surface area contributed by atoms with Gasteiger partial charge in [-0.15, -0.1) is 6.58 Å². The van der Waals surface area contributed by atoms with Crippen LogP contribution in [0.1, 0.15) is 65.2 Å². The monoisotopic (exact) mass is 237 g/mol. The summed E-state index contributed by atoms with van der Waals surface area (Å²) in [6.07, 6.45) is 12.9. The van der Waals surface area contributed by atoms with Crippen LogP contribution in [0.3, 0.4) is 0 Å². The lowest BCUT2D eigenvalue weighted by Crippen LogP contribution is -2.33. The van der Waals surface area contributed by atoms with E-state index < -0.39 is 0 Å². The molecule has 0 heterocycles. The van der Waals surface area contributed by atoms with Crippen LogP contribution in [0, 0.1) is 11.8 Å². The van der Waals surface area contributed by atoms with Crippen molar-refractivity contribution in [3.05, 3.63) is 12.7 Å². The fraction of sp³-hybridized carbons (Fsp3) is 0.875. The Morgan fingerprint density at radius 3 is 2.76 bits per heavy atom. The third kappa shape index (κ3) is 5.25. The summed E-state index contributed by atoms with van der Waals surface area (Å²) in [5.74, 6) is 1.87. The van der Waals surface area contributed by atoms with Gasteiger partial charge < -0.3 is 5.32 Å². The second kappa shape index (κ2) is 8.74. The van der Waals surface area contributed by atoms with E-state index in [4.69, 9.17) is 0 Å². The van der Waals surface area contributed by atoms with Crippen molar-refractivity contribution in [3.8, 4) is 0 Å². The normalized spacial score (nSPS) is 28.5. The first-order valence-corrected chi connectivity index (χ1v) is 7.63. The second-order valence-electron chi connectivity index (χ2n) is 5.68. The molecule has 100 valence electrons. The Labute approximate surface area is 108 Å². The quantitative estimate of drug-likeness (QED) is 0.458. The van der Waals surface area contributed by atoms with Gasteiger partial charge in [-0.05, 0) is 50.5 Å². The fourth-order valence-corrected chi connectivity index (χ4v) is 3.14. The standard InChI is InChI=1S/C16H31N/c1-4-6-7-8-9-10-15-11-12-16(14(15)3)17-13-5-2/h4,14-17H,1,5-13H2,2-3H3. The number of rotatable bonds is 9. The molecule has 0 saturated heterocycles. The summed E-state index contributed by atoms with van der Waals surface area (Å²) in [4.78, 5) is 0. The van der Waals surface area contributed by atoms with Gasteiger partial charge in [0, 0.05) is 6.04 Å². The Bertz CT molecular complexity index is 200. The molecule has 1 heteroatoms. The van der Waals surface area contributed by atoms with Gasteiger partial charge in [-0.3, -0.25) is 0 Å². The zero-order valence-corrected chi connectivity index (χ0v) is 11.9. The topological polar surface area (TPSA) is 12.0 Å². The first kappa shape index (κ1) is 14.8. The van der Waals surface area contributed by atoms with E-state index in [-0.39, 0.29) is 0 Å². The molecule has 0 aliphatic heterocycles. The molecule has 0 amide bonds. The van der Waals surface area contributed by atoms with Crippen LogP contribution in [0.5, 0.6) is 0 Å². The van der Waals surface area contributed by atoms with Gasteiger partial charge in [0.2, 0.25) is 0 Å². The molecular formula is C16H31N. The molecule has 1 saturated carbocycles. The Kier molecular flexibility index (Phi) is 7.59. The first-order chi connectivity index (χ1) is 8.29. The number of hydrogen-bond donors (Lipinski definition) is 1. The maximum absolute atomic E-state index is 3.78. The molecule has 3 atom stereocenters. The Balaban J connectivity index is 2.11. The van der Waals surface area contributed by atoms with Gasteiger partial charge >= 0.3 is 0 Å². The number of hydrogen-bond acceptors (Lipinski definition) is 1. The maximum Gasteiger partial charge on any atom is 0.00954 e. The Morgan fingerprint density at radius 1 is 1.24 bits per heavy atom. The van der Waals surface area contributed by atoms with Gasteiger partial charge in [0.15, 0.2) is 0 Å². The van der Waals surface area contributed by atoms with Crippen LogP contribution in [0.15, 0.2) is 12.7 Å². The van der Waals surface area contributed by atoms with E-state index in [2.05, 4.69) is 25.7 Å². The molecule has 1 nitrogen and oxygen atoms in total. The van der Waals surface area contributed by atoms with Crippen LogP contribution < -0.4 is 5.32 Å². The maximum atomic E-state index is 3.78. The minimum atomic E-state index is 0.799. The van der Waals surface area contributed by atoms with E-state index in [1.165, 1.54) is 57.9 Å². The molecular weight excluding hydrogens is 206 g/mol. The average molecular weight is 237 g/mol. The SMILES string of the molecule is C=CCCCCCC1CCC(NCCC)C1C. The van der Waals surface area contributed by atoms with Crippen molar-refractivity contribution in [1.82, 2.24) is 5.32 Å². The highest BCUT2D eigenvalue weighted by molar-refractivity contribution is 4.86. The van der Waals surface area contributed by atoms with Crippen molar-refractivity contribution < 1.29 is 0 Å². The summed E-state index contributed by atoms with van der Waals surface area (Å²) >= 11 is 0. The van der Waals surface area contributed by atoms with Crippen LogP contribution in [-0.4, -0.2) is 12.6 Å². The van der Waals surface area contributed by atoms with Crippen LogP contribution in [-0.2, 0) is 0 Å². The summed E-state index contributed by atoms with van der Waals surface area (Å²) in [7, 11) is 0. The smallest absolute Gasteiger partial charge is 0.00954 e. The van der Waals surface area contributed by atoms with E-state index in [0.717, 1.165) is 17.9 Å². The lowest BCUT2D eigenvalue weighted by atomic mass is 9.90. The average Bonchev–Trinajstić information content (AvgIpc) is 2.68. The van der Waals surface area contributed by atoms with E-state index in [9.17, 15) is 0 Å². The molecule has 1 aliphatic carbocycles. The molecule has 17 heavy (non-hydrogen) atoms. The Hall–Kier alpha value is -0.300. The lowest BCUT2D eigenvalue weighted by Gasteiger charge is -2.21. The zero-order chi connectivity index (χ0) is 12.5. The highest BCUT2D eigenvalue weighted by atomic mass is 14.9. The lowest BCUT2D eigenvalue weighted by molar-refractivity contribution is 0.329. The number of allylic oxidation sites excluding steroid dienone is 1. The van der Waals surface area contributed by atoms with E-state index in [1.54, 1.807) is 0 Å². The summed E-state index contributed by atoms with van der Waals surface area (Å²) in [6.45, 7) is 9.68. The fourth-order valence-electron chi connectivity index (χ4n) is 3.14. The van der Waals surface area contributed by atoms with Gasteiger partial charge in [-0.1, -0.05) is 39.2 Å². The van der Waals surface area contributed by atoms with Gasteiger partial charge in [-0.25, -0.2) is 0 Å². The largest absolute Gasteiger partial charge is 0.314 e. The van der Waals surface area contributed by atoms with Crippen molar-refractivity contribution >= 4 is 0 Å². The van der Waals surface area contributed by atoms with Gasteiger partial charge in [0.1, 0.15) is 0 Å². The van der Waals surface area contributed by atoms with Crippen molar-refractivity contribution in [3.63, 3.8) is 0 Å². The molecule has 0 aromatic carbocycles. The van der Waals surface area contributed by atoms with E-state index in [1.807, 2.05) is 6.08 Å². The minimum Gasteiger partial charge on any atom is -0.314 e. The molecule has 0 bridgehead atoms. The highest BCUT2D eigenvalue weighted by Gasteiger charge is 2.31. The molecule has 1 N–H and O–H groups in total. The van der Waals surface area contributed by atoms with Crippen LogP contribution in [0.2, 0.25) is 0 Å². The van der Waals surface area contributed by atoms with E-state index in [0.29, 0.717) is 0 Å². The first-order valence-electron chi connectivity index (χ1n) is 7.63. The summed E-state index contributed by atoms with van der Waals surface area (Å²) in [5, 5.41) is 3.71. The van der Waals surface area contributed by atoms with Crippen molar-refractivity contribution in [2.24, 2.45) is 11.8 Å². The summed E-state index contributed by atoms with van der Waals surface area (Å²) in [5.41, 5.74) is 0. The van der Waals surface area contributed by atoms with Crippen molar-refractivity contribution in [1.29, 1.82) is 0 Å². The van der Waals surface area contributed by atoms with Crippen molar-refractivity contribution in [2.45, 2.75) is 71.3 Å². The van der Waals surface area contributed by atoms with Gasteiger partial charge in [0.05, 0.1) is 0 Å². The third-order valence-electron chi connectivity index (χ3n) is 4.37. The third-order valence-corrected chi connectivity index (χ3v) is 4.37. The predicted octanol–water partition coefficient (Wildman–Crippen LogP) is 4.54. The molecule has 0 aromatic heterocycles. The summed E-state index contributed by atoms with van der Waals surface area (Å²) in [6, 6.07) is 0.799. The molecule has 0 radical (unpaired) electrons. The molecule has 1 rings (SSSR count). The van der Waals surface area contributed by atoms with Crippen LogP contribution in [0.25, 0.3) is 0 Å². The van der Waals surface area contributed by atoms with E-state index >= 15 is 0 Å². The predicted molar refractivity (Wildman–Crippen MR) is 77.3 cm³/mol. The van der Waals surface area contributed by atoms with Crippen LogP contribution in [0.4, 0.5) is 0 Å². The molecule has 0 spiro atoms. The molecule has 1 fully saturated rings. The molecule has 1 aliphatic rings. The number of unbranched alkanes of at least 4 members (excludes halogenated alkanes) is 3. The van der Waals surface area contributed by atoms with Gasteiger partial charge in [-0.2, -0.15) is 0 Å².